The summed E-state index contributed by atoms with van der Waals surface area (Å²) in [6, 6.07) is 7.71. The Morgan fingerprint density at radius 3 is 2.84 bits per heavy atom. The monoisotopic (exact) mass is 422 g/mol. The number of halogens is 3. The highest BCUT2D eigenvalue weighted by Gasteiger charge is 2.24. The number of hydrogen-bond acceptors (Lipinski definition) is 5. The van der Waals surface area contributed by atoms with E-state index in [1.807, 2.05) is 0 Å². The minimum absolute atomic E-state index is 0.0422. The Bertz CT molecular complexity index is 1350. The average molecular weight is 422 g/mol. The van der Waals surface area contributed by atoms with E-state index >= 15 is 0 Å². The summed E-state index contributed by atoms with van der Waals surface area (Å²) in [5.74, 6) is 6.67. The van der Waals surface area contributed by atoms with Gasteiger partial charge >= 0.3 is 0 Å². The molecule has 6 nitrogen and oxygen atoms in total. The van der Waals surface area contributed by atoms with Crippen LogP contribution in [0.5, 0.6) is 0 Å². The Hall–Kier alpha value is -3.67. The van der Waals surface area contributed by atoms with Gasteiger partial charge in [-0.25, -0.2) is 18.2 Å². The van der Waals surface area contributed by atoms with Gasteiger partial charge in [0.25, 0.3) is 12.2 Å². The van der Waals surface area contributed by atoms with Crippen LogP contribution in [0.2, 0.25) is 0 Å². The van der Waals surface area contributed by atoms with E-state index in [1.54, 1.807) is 35.6 Å². The van der Waals surface area contributed by atoms with Gasteiger partial charge in [-0.1, -0.05) is 12.0 Å². The van der Waals surface area contributed by atoms with Gasteiger partial charge in [0.1, 0.15) is 23.2 Å². The van der Waals surface area contributed by atoms with Gasteiger partial charge in [0.15, 0.2) is 0 Å². The van der Waals surface area contributed by atoms with Crippen LogP contribution < -0.4 is 4.90 Å². The summed E-state index contributed by atoms with van der Waals surface area (Å²) in [5, 5.41) is 8.13. The Morgan fingerprint density at radius 1 is 1.23 bits per heavy atom. The van der Waals surface area contributed by atoms with Crippen LogP contribution in [0.25, 0.3) is 16.7 Å². The number of benzene rings is 1. The zero-order valence-corrected chi connectivity index (χ0v) is 16.6. The van der Waals surface area contributed by atoms with Gasteiger partial charge in [0, 0.05) is 17.8 Å². The zero-order valence-electron chi connectivity index (χ0n) is 16.6. The topological polar surface area (TPSA) is 59.2 Å². The smallest absolute Gasteiger partial charge is 0.257 e. The molecule has 1 saturated carbocycles. The molecule has 0 aliphatic heterocycles. The number of nitrogens with zero attached hydrogens (tertiary/aromatic N) is 6. The summed E-state index contributed by atoms with van der Waals surface area (Å²) in [7, 11) is 0. The molecule has 156 valence electrons. The van der Waals surface area contributed by atoms with Gasteiger partial charge in [0.05, 0.1) is 17.4 Å². The van der Waals surface area contributed by atoms with Crippen molar-refractivity contribution >= 4 is 28.2 Å². The molecule has 0 spiro atoms. The molecule has 4 aromatic rings. The van der Waals surface area contributed by atoms with Gasteiger partial charge < -0.3 is 4.90 Å². The van der Waals surface area contributed by atoms with Crippen LogP contribution in [0.3, 0.4) is 0 Å². The number of anilines is 2. The Labute approximate surface area is 175 Å². The fourth-order valence-electron chi connectivity index (χ4n) is 3.48. The number of fused-ring (bicyclic) bond motifs is 3. The first-order valence-corrected chi connectivity index (χ1v) is 9.84. The predicted molar refractivity (Wildman–Crippen MR) is 110 cm³/mol. The fourth-order valence-corrected chi connectivity index (χ4v) is 3.48. The van der Waals surface area contributed by atoms with E-state index in [4.69, 9.17) is 0 Å². The minimum Gasteiger partial charge on any atom is -0.320 e. The van der Waals surface area contributed by atoms with Gasteiger partial charge in [-0.15, -0.1) is 10.2 Å². The van der Waals surface area contributed by atoms with Crippen molar-refractivity contribution in [3.8, 4) is 11.8 Å². The maximum absolute atomic E-state index is 15.0. The lowest BCUT2D eigenvalue weighted by Crippen LogP contribution is -2.26. The van der Waals surface area contributed by atoms with Crippen LogP contribution in [-0.4, -0.2) is 37.5 Å². The summed E-state index contributed by atoms with van der Waals surface area (Å²) in [6.07, 6.45) is 0.950. The maximum Gasteiger partial charge on any atom is 0.257 e. The summed E-state index contributed by atoms with van der Waals surface area (Å²) in [6.45, 7) is 1.04. The van der Waals surface area contributed by atoms with Crippen LogP contribution in [0.15, 0.2) is 36.5 Å². The number of rotatable bonds is 4. The van der Waals surface area contributed by atoms with E-state index in [1.165, 1.54) is 17.2 Å². The van der Waals surface area contributed by atoms with Crippen LogP contribution in [0, 0.1) is 30.5 Å². The molecule has 5 rings (SSSR count). The molecule has 1 aliphatic carbocycles. The van der Waals surface area contributed by atoms with E-state index in [-0.39, 0.29) is 17.0 Å². The third-order valence-electron chi connectivity index (χ3n) is 5.08. The molecule has 31 heavy (non-hydrogen) atoms. The van der Waals surface area contributed by atoms with Crippen LogP contribution in [-0.2, 0) is 0 Å². The van der Waals surface area contributed by atoms with Crippen molar-refractivity contribution in [2.45, 2.75) is 26.2 Å². The molecule has 0 unspecified atom stereocenters. The van der Waals surface area contributed by atoms with Gasteiger partial charge in [-0.3, -0.25) is 4.40 Å². The Balaban J connectivity index is 1.72. The van der Waals surface area contributed by atoms with Crippen molar-refractivity contribution < 1.29 is 13.2 Å². The van der Waals surface area contributed by atoms with E-state index in [9.17, 15) is 13.2 Å². The predicted octanol–water partition coefficient (Wildman–Crippen LogP) is 4.28. The van der Waals surface area contributed by atoms with Crippen molar-refractivity contribution in [1.82, 2.24) is 24.6 Å². The number of aromatic nitrogens is 5. The van der Waals surface area contributed by atoms with Crippen molar-refractivity contribution in [3.63, 3.8) is 0 Å². The highest BCUT2D eigenvalue weighted by atomic mass is 19.3. The average Bonchev–Trinajstić information content (AvgIpc) is 3.51. The first kappa shape index (κ1) is 19.3. The lowest BCUT2D eigenvalue weighted by molar-refractivity contribution is 0.158. The highest BCUT2D eigenvalue weighted by molar-refractivity contribution is 5.94. The summed E-state index contributed by atoms with van der Waals surface area (Å²) in [5.41, 5.74) is 1.31. The molecule has 3 aromatic heterocycles. The molecule has 1 aromatic carbocycles. The largest absolute Gasteiger partial charge is 0.320 e. The van der Waals surface area contributed by atoms with Gasteiger partial charge in [-0.05, 0) is 50.0 Å². The third-order valence-corrected chi connectivity index (χ3v) is 5.08. The van der Waals surface area contributed by atoms with Crippen molar-refractivity contribution in [2.75, 3.05) is 11.4 Å². The molecule has 1 aliphatic rings. The molecule has 0 bridgehead atoms. The van der Waals surface area contributed by atoms with Crippen molar-refractivity contribution in [2.24, 2.45) is 5.92 Å². The lowest BCUT2D eigenvalue weighted by Gasteiger charge is -2.25. The number of hydrogen-bond donors (Lipinski definition) is 0. The fraction of sp³-hybridized carbons (Fsp3) is 0.273. The molecule has 0 atom stereocenters. The summed E-state index contributed by atoms with van der Waals surface area (Å²) in [4.78, 5) is 9.91. The van der Waals surface area contributed by atoms with Gasteiger partial charge in [0.2, 0.25) is 0 Å². The third kappa shape index (κ3) is 3.65. The second-order valence-corrected chi connectivity index (χ2v) is 7.40. The highest BCUT2D eigenvalue weighted by Crippen LogP contribution is 2.34. The van der Waals surface area contributed by atoms with Crippen LogP contribution in [0.1, 0.15) is 24.4 Å². The maximum atomic E-state index is 15.0. The molecular weight excluding hydrogens is 405 g/mol. The zero-order chi connectivity index (χ0) is 21.5. The first-order chi connectivity index (χ1) is 15.0. The molecule has 1 fully saturated rings. The minimum atomic E-state index is -2.69. The van der Waals surface area contributed by atoms with E-state index < -0.39 is 18.8 Å². The molecule has 0 amide bonds. The molecule has 0 radical (unpaired) electrons. The lowest BCUT2D eigenvalue weighted by atomic mass is 10.2. The quantitative estimate of drug-likeness (QED) is 0.460. The van der Waals surface area contributed by atoms with Gasteiger partial charge in [-0.2, -0.15) is 4.98 Å². The van der Waals surface area contributed by atoms with Crippen molar-refractivity contribution in [1.29, 1.82) is 0 Å². The van der Waals surface area contributed by atoms with Crippen LogP contribution in [0.4, 0.5) is 24.7 Å². The summed E-state index contributed by atoms with van der Waals surface area (Å²) >= 11 is 0. The molecule has 0 N–H and O–H groups in total. The van der Waals surface area contributed by atoms with E-state index in [2.05, 4.69) is 32.0 Å². The Morgan fingerprint density at radius 2 is 2.06 bits per heavy atom. The number of pyridine rings is 1. The second-order valence-electron chi connectivity index (χ2n) is 7.40. The molecule has 3 heterocycles. The SMILES string of the molecule is Cc1nnc2nc(N(CC(F)F)c3ccnc(C#CC4CC4)c3)c3c(F)cccc3n12. The standard InChI is InChI=1S/C22H17F3N6/c1-13-28-29-22-27-21(20-17(23)3-2-4-18(20)31(13)22)30(12-19(24)25)16-9-10-26-15(11-16)8-7-14-5-6-14/h2-4,9-11,14,19H,5-6,12H2,1H3. The van der Waals surface area contributed by atoms with Crippen LogP contribution >= 0.6 is 0 Å². The first-order valence-electron chi connectivity index (χ1n) is 9.84. The molecule has 0 saturated heterocycles. The molecule has 9 heteroatoms. The van der Waals surface area contributed by atoms with Crippen molar-refractivity contribution in [3.05, 3.63) is 53.9 Å². The summed E-state index contributed by atoms with van der Waals surface area (Å²) < 4.78 is 43.8. The number of alkyl halides is 2. The normalized spacial score (nSPS) is 13.6. The van der Waals surface area contributed by atoms with E-state index in [0.717, 1.165) is 12.8 Å². The second kappa shape index (κ2) is 7.54. The Kier molecular flexibility index (Phi) is 4.70. The van der Waals surface area contributed by atoms with E-state index in [0.29, 0.717) is 28.6 Å². The number of aryl methyl sites for hydroxylation is 1. The molecular formula is C22H17F3N6.